The van der Waals surface area contributed by atoms with E-state index >= 15 is 0 Å². The van der Waals surface area contributed by atoms with E-state index in [1.165, 1.54) is 17.9 Å². The molecule has 0 bridgehead atoms. The number of ether oxygens (including phenoxy) is 1. The molecule has 0 fully saturated rings. The summed E-state index contributed by atoms with van der Waals surface area (Å²) in [6.45, 7) is 3.56. The third kappa shape index (κ3) is 5.13. The predicted octanol–water partition coefficient (Wildman–Crippen LogP) is 4.82. The number of carboxylic acid groups (broad SMARTS) is 1. The molecule has 1 aliphatic carbocycles. The van der Waals surface area contributed by atoms with Crippen molar-refractivity contribution in [3.8, 4) is 0 Å². The van der Waals surface area contributed by atoms with Gasteiger partial charge in [0.05, 0.1) is 11.8 Å². The number of carbonyl (C=O) groups is 2. The number of carbonyl (C=O) groups excluding carboxylic acids is 1. The van der Waals surface area contributed by atoms with Crippen LogP contribution >= 0.6 is 11.3 Å². The maximum Gasteiger partial charge on any atom is 0.348 e. The molecular weight excluding hydrogens is 376 g/mol. The fraction of sp³-hybridized carbons (Fsp3) is 0.579. The minimum Gasteiger partial charge on any atom is -0.477 e. The number of hydrogen-bond donors (Lipinski definition) is 1. The molecule has 1 heterocycles. The number of alkyl halides is 1. The summed E-state index contributed by atoms with van der Waals surface area (Å²) in [6, 6.07) is 1.43. The summed E-state index contributed by atoms with van der Waals surface area (Å²) in [7, 11) is 1.60. The molecule has 1 amide bonds. The molecular formula is C19H25F2NO4S. The van der Waals surface area contributed by atoms with Gasteiger partial charge in [-0.15, -0.1) is 11.3 Å². The van der Waals surface area contributed by atoms with Crippen molar-refractivity contribution in [1.29, 1.82) is 0 Å². The number of carboxylic acids is 1. The number of amides is 1. The number of aromatic carboxylic acids is 1. The molecule has 0 aromatic carbocycles. The highest BCUT2D eigenvalue weighted by Crippen LogP contribution is 2.42. The first-order valence-corrected chi connectivity index (χ1v) is 9.78. The third-order valence-electron chi connectivity index (χ3n) is 4.70. The van der Waals surface area contributed by atoms with E-state index in [0.29, 0.717) is 25.8 Å². The Bertz CT molecular complexity index is 731. The quantitative estimate of drug-likeness (QED) is 0.678. The lowest BCUT2D eigenvalue weighted by Gasteiger charge is -2.22. The average molecular weight is 401 g/mol. The van der Waals surface area contributed by atoms with Crippen LogP contribution in [0.15, 0.2) is 11.9 Å². The smallest absolute Gasteiger partial charge is 0.348 e. The van der Waals surface area contributed by atoms with Crippen molar-refractivity contribution in [2.24, 2.45) is 0 Å². The summed E-state index contributed by atoms with van der Waals surface area (Å²) in [5.41, 5.74) is 0.120. The highest BCUT2D eigenvalue weighted by molar-refractivity contribution is 7.15. The van der Waals surface area contributed by atoms with Gasteiger partial charge in [-0.2, -0.15) is 0 Å². The number of nitrogens with zero attached hydrogens (tertiary/aromatic N) is 1. The molecule has 2 rings (SSSR count). The summed E-state index contributed by atoms with van der Waals surface area (Å²) in [5, 5.41) is 9.54. The van der Waals surface area contributed by atoms with Crippen LogP contribution in [0.25, 0.3) is 5.57 Å². The van der Waals surface area contributed by atoms with Crippen molar-refractivity contribution < 1.29 is 28.2 Å². The first kappa shape index (κ1) is 21.5. The number of halogens is 2. The fourth-order valence-electron chi connectivity index (χ4n) is 3.14. The van der Waals surface area contributed by atoms with Gasteiger partial charge in [-0.25, -0.2) is 13.6 Å². The number of rotatable bonds is 8. The first-order chi connectivity index (χ1) is 12.8. The maximum absolute atomic E-state index is 14.3. The minimum atomic E-state index is -1.46. The van der Waals surface area contributed by atoms with Gasteiger partial charge in [-0.3, -0.25) is 4.79 Å². The summed E-state index contributed by atoms with van der Waals surface area (Å²) >= 11 is 0.816. The van der Waals surface area contributed by atoms with Gasteiger partial charge in [-0.1, -0.05) is 0 Å². The molecule has 1 aromatic heterocycles. The van der Waals surface area contributed by atoms with E-state index in [4.69, 9.17) is 4.74 Å². The van der Waals surface area contributed by atoms with Crippen LogP contribution in [0.5, 0.6) is 0 Å². The molecule has 2 unspecified atom stereocenters. The van der Waals surface area contributed by atoms with Crippen LogP contribution in [0.4, 0.5) is 14.5 Å². The zero-order valence-electron chi connectivity index (χ0n) is 15.8. The molecule has 1 aliphatic rings. The molecule has 0 spiro atoms. The average Bonchev–Trinajstić information content (AvgIpc) is 3.02. The number of methoxy groups -OCH3 is 1. The summed E-state index contributed by atoms with van der Waals surface area (Å²) in [5.74, 6) is -2.08. The van der Waals surface area contributed by atoms with Crippen LogP contribution in [-0.4, -0.2) is 42.9 Å². The van der Waals surface area contributed by atoms with E-state index in [1.807, 2.05) is 6.92 Å². The molecule has 0 saturated heterocycles. The van der Waals surface area contributed by atoms with Crippen LogP contribution in [-0.2, 0) is 9.53 Å². The zero-order valence-corrected chi connectivity index (χ0v) is 16.6. The lowest BCUT2D eigenvalue weighted by molar-refractivity contribution is -0.116. The van der Waals surface area contributed by atoms with Crippen molar-refractivity contribution in [2.75, 3.05) is 18.6 Å². The van der Waals surface area contributed by atoms with Gasteiger partial charge in [0.25, 0.3) is 0 Å². The van der Waals surface area contributed by atoms with Gasteiger partial charge in [0.2, 0.25) is 5.91 Å². The topological polar surface area (TPSA) is 66.8 Å². The lowest BCUT2D eigenvalue weighted by Crippen LogP contribution is -2.30. The number of allylic oxidation sites excluding steroid dienone is 2. The van der Waals surface area contributed by atoms with Gasteiger partial charge >= 0.3 is 5.97 Å². The standard InChI is InChI=1S/C19H25F2NO4S/c1-11(26-3)6-5-9-22(12(2)23)15-10-16(27-18(15)19(24)25)17-13(20)7-4-8-14(17)21/h10-11,13H,4-9H2,1-3H3,(H,24,25). The van der Waals surface area contributed by atoms with Gasteiger partial charge in [0.1, 0.15) is 16.9 Å². The normalized spacial score (nSPS) is 18.5. The Morgan fingerprint density at radius 2 is 2.19 bits per heavy atom. The second-order valence-electron chi connectivity index (χ2n) is 6.67. The number of anilines is 1. The van der Waals surface area contributed by atoms with E-state index in [1.54, 1.807) is 7.11 Å². The van der Waals surface area contributed by atoms with Gasteiger partial charge in [-0.05, 0) is 45.1 Å². The molecule has 0 radical (unpaired) electrons. The van der Waals surface area contributed by atoms with Crippen LogP contribution in [0.3, 0.4) is 0 Å². The molecule has 0 saturated carbocycles. The molecule has 27 heavy (non-hydrogen) atoms. The van der Waals surface area contributed by atoms with Crippen LogP contribution in [0, 0.1) is 0 Å². The summed E-state index contributed by atoms with van der Waals surface area (Å²) < 4.78 is 33.7. The van der Waals surface area contributed by atoms with Crippen LogP contribution < -0.4 is 4.90 Å². The SMILES string of the molecule is COC(C)CCCN(C(C)=O)c1cc(C2=C(F)CCCC2F)sc1C(=O)O. The molecule has 1 aromatic rings. The van der Waals surface area contributed by atoms with E-state index in [2.05, 4.69) is 0 Å². The Morgan fingerprint density at radius 3 is 2.74 bits per heavy atom. The van der Waals surface area contributed by atoms with Crippen molar-refractivity contribution in [1.82, 2.24) is 0 Å². The monoisotopic (exact) mass is 401 g/mol. The number of thiophene rings is 1. The molecule has 1 N–H and O–H groups in total. The third-order valence-corrected chi connectivity index (χ3v) is 5.84. The second kappa shape index (κ2) is 9.41. The van der Waals surface area contributed by atoms with Crippen LogP contribution in [0.1, 0.15) is 60.5 Å². The molecule has 8 heteroatoms. The maximum atomic E-state index is 14.3. The zero-order chi connectivity index (χ0) is 20.1. The highest BCUT2D eigenvalue weighted by atomic mass is 32.1. The molecule has 0 aliphatic heterocycles. The molecule has 2 atom stereocenters. The van der Waals surface area contributed by atoms with E-state index in [-0.39, 0.29) is 45.9 Å². The van der Waals surface area contributed by atoms with Crippen LogP contribution in [0.2, 0.25) is 0 Å². The van der Waals surface area contributed by atoms with Crippen molar-refractivity contribution >= 4 is 34.5 Å². The molecule has 150 valence electrons. The largest absolute Gasteiger partial charge is 0.477 e. The van der Waals surface area contributed by atoms with E-state index < -0.39 is 18.0 Å². The Labute approximate surface area is 161 Å². The van der Waals surface area contributed by atoms with E-state index in [0.717, 1.165) is 11.3 Å². The van der Waals surface area contributed by atoms with Gasteiger partial charge in [0, 0.05) is 31.0 Å². The summed E-state index contributed by atoms with van der Waals surface area (Å²) in [4.78, 5) is 25.3. The van der Waals surface area contributed by atoms with Gasteiger partial charge < -0.3 is 14.7 Å². The minimum absolute atomic E-state index is 0.0181. The Morgan fingerprint density at radius 1 is 1.48 bits per heavy atom. The predicted molar refractivity (Wildman–Crippen MR) is 102 cm³/mol. The fourth-order valence-corrected chi connectivity index (χ4v) is 4.24. The Balaban J connectivity index is 2.37. The molecule has 5 nitrogen and oxygen atoms in total. The van der Waals surface area contributed by atoms with Gasteiger partial charge in [0.15, 0.2) is 0 Å². The second-order valence-corrected chi connectivity index (χ2v) is 7.72. The lowest BCUT2D eigenvalue weighted by atomic mass is 9.95. The van der Waals surface area contributed by atoms with E-state index in [9.17, 15) is 23.5 Å². The Kier molecular flexibility index (Phi) is 7.49. The van der Waals surface area contributed by atoms with Crippen molar-refractivity contribution in [3.05, 3.63) is 21.6 Å². The first-order valence-electron chi connectivity index (χ1n) is 8.97. The van der Waals surface area contributed by atoms with Crippen molar-refractivity contribution in [2.45, 2.75) is 58.2 Å². The number of hydrogen-bond acceptors (Lipinski definition) is 4. The highest BCUT2D eigenvalue weighted by Gasteiger charge is 2.30. The Hall–Kier alpha value is -1.80. The summed E-state index contributed by atoms with van der Waals surface area (Å²) in [6.07, 6.45) is 0.663. The van der Waals surface area contributed by atoms with Crippen molar-refractivity contribution in [3.63, 3.8) is 0 Å².